The van der Waals surface area contributed by atoms with Gasteiger partial charge in [-0.05, 0) is 44.0 Å². The second-order valence-electron chi connectivity index (χ2n) is 4.70. The summed E-state index contributed by atoms with van der Waals surface area (Å²) in [6.45, 7) is 2.48. The lowest BCUT2D eigenvalue weighted by Crippen LogP contribution is -2.27. The van der Waals surface area contributed by atoms with E-state index < -0.39 is 10.0 Å². The monoisotopic (exact) mass is 320 g/mol. The fourth-order valence-corrected chi connectivity index (χ4v) is 3.49. The van der Waals surface area contributed by atoms with Crippen molar-refractivity contribution in [1.82, 2.24) is 10.0 Å². The van der Waals surface area contributed by atoms with E-state index in [9.17, 15) is 8.42 Å². The van der Waals surface area contributed by atoms with Crippen LogP contribution in [0.15, 0.2) is 29.2 Å². The molecule has 7 heteroatoms. The molecule has 1 aliphatic rings. The molecule has 20 heavy (non-hydrogen) atoms. The molecule has 0 amide bonds. The third-order valence-corrected chi connectivity index (χ3v) is 4.87. The lowest BCUT2D eigenvalue weighted by molar-refractivity contribution is 0.402. The molecule has 0 radical (unpaired) electrons. The highest BCUT2D eigenvalue weighted by Crippen LogP contribution is 2.22. The number of sulfonamides is 1. The smallest absolute Gasteiger partial charge is 0.244 e. The first-order chi connectivity index (χ1) is 9.13. The Labute approximate surface area is 126 Å². The van der Waals surface area contributed by atoms with Crippen LogP contribution in [0.3, 0.4) is 0 Å². The summed E-state index contributed by atoms with van der Waals surface area (Å²) in [5.74, 6) is 0.943. The summed E-state index contributed by atoms with van der Waals surface area (Å²) in [5, 5.41) is 3.27. The standard InChI is InChI=1S/C13H20N2O3S.ClH/c1-18-12-4-2-3-5-13(12)19(16,17)15-9-7-11-6-8-14-10-11;/h2-5,11,14-15H,6-10H2,1H3;1H. The van der Waals surface area contributed by atoms with E-state index in [0.29, 0.717) is 18.2 Å². The summed E-state index contributed by atoms with van der Waals surface area (Å²) in [6.07, 6.45) is 1.98. The molecule has 1 saturated heterocycles. The second kappa shape index (κ2) is 7.83. The Bertz CT molecular complexity index is 516. The molecule has 0 spiro atoms. The first kappa shape index (κ1) is 17.2. The van der Waals surface area contributed by atoms with Crippen molar-refractivity contribution in [3.63, 3.8) is 0 Å². The quantitative estimate of drug-likeness (QED) is 0.831. The average molecular weight is 321 g/mol. The van der Waals surface area contributed by atoms with Crippen LogP contribution in [-0.2, 0) is 10.0 Å². The number of benzene rings is 1. The highest BCUT2D eigenvalue weighted by molar-refractivity contribution is 7.89. The van der Waals surface area contributed by atoms with Crippen molar-refractivity contribution in [2.75, 3.05) is 26.7 Å². The van der Waals surface area contributed by atoms with Crippen LogP contribution < -0.4 is 14.8 Å². The van der Waals surface area contributed by atoms with Gasteiger partial charge in [-0.3, -0.25) is 0 Å². The molecule has 0 aromatic heterocycles. The number of methoxy groups -OCH3 is 1. The number of nitrogens with one attached hydrogen (secondary N) is 2. The molecular weight excluding hydrogens is 300 g/mol. The maximum Gasteiger partial charge on any atom is 0.244 e. The summed E-state index contributed by atoms with van der Waals surface area (Å²) in [6, 6.07) is 6.65. The topological polar surface area (TPSA) is 67.4 Å². The molecule has 1 aliphatic heterocycles. The summed E-state index contributed by atoms with van der Waals surface area (Å²) in [7, 11) is -2.02. The van der Waals surface area contributed by atoms with E-state index in [4.69, 9.17) is 4.74 Å². The van der Waals surface area contributed by atoms with Crippen molar-refractivity contribution in [2.45, 2.75) is 17.7 Å². The van der Waals surface area contributed by atoms with Gasteiger partial charge in [-0.2, -0.15) is 0 Å². The predicted octanol–water partition coefficient (Wildman–Crippen LogP) is 1.39. The van der Waals surface area contributed by atoms with Gasteiger partial charge in [-0.15, -0.1) is 12.4 Å². The minimum absolute atomic E-state index is 0. The van der Waals surface area contributed by atoms with Crippen LogP contribution >= 0.6 is 12.4 Å². The molecule has 1 heterocycles. The van der Waals surface area contributed by atoms with Gasteiger partial charge in [-0.25, -0.2) is 13.1 Å². The maximum absolute atomic E-state index is 12.2. The minimum atomic E-state index is -3.49. The van der Waals surface area contributed by atoms with Gasteiger partial charge < -0.3 is 10.1 Å². The van der Waals surface area contributed by atoms with Gasteiger partial charge in [0, 0.05) is 6.54 Å². The highest BCUT2D eigenvalue weighted by Gasteiger charge is 2.20. The predicted molar refractivity (Wildman–Crippen MR) is 81.0 cm³/mol. The van der Waals surface area contributed by atoms with Crippen LogP contribution in [0, 0.1) is 5.92 Å². The van der Waals surface area contributed by atoms with Crippen molar-refractivity contribution in [3.8, 4) is 5.75 Å². The first-order valence-electron chi connectivity index (χ1n) is 6.47. The number of para-hydroxylation sites is 1. The lowest BCUT2D eigenvalue weighted by atomic mass is 10.1. The number of halogens is 1. The fraction of sp³-hybridized carbons (Fsp3) is 0.538. The lowest BCUT2D eigenvalue weighted by Gasteiger charge is -2.12. The molecule has 2 rings (SSSR count). The number of ether oxygens (including phenoxy) is 1. The van der Waals surface area contributed by atoms with Gasteiger partial charge in [0.05, 0.1) is 7.11 Å². The fourth-order valence-electron chi connectivity index (χ4n) is 2.28. The van der Waals surface area contributed by atoms with Crippen molar-refractivity contribution in [3.05, 3.63) is 24.3 Å². The molecule has 1 atom stereocenters. The first-order valence-corrected chi connectivity index (χ1v) is 7.95. The summed E-state index contributed by atoms with van der Waals surface area (Å²) < 4.78 is 32.1. The van der Waals surface area contributed by atoms with E-state index >= 15 is 0 Å². The summed E-state index contributed by atoms with van der Waals surface area (Å²) in [4.78, 5) is 0.196. The zero-order valence-corrected chi connectivity index (χ0v) is 13.1. The molecular formula is C13H21ClN2O3S. The van der Waals surface area contributed by atoms with E-state index in [0.717, 1.165) is 25.9 Å². The Morgan fingerprint density at radius 3 is 2.80 bits per heavy atom. The molecule has 0 bridgehead atoms. The van der Waals surface area contributed by atoms with Crippen LogP contribution in [-0.4, -0.2) is 35.2 Å². The molecule has 1 fully saturated rings. The summed E-state index contributed by atoms with van der Waals surface area (Å²) in [5.41, 5.74) is 0. The number of rotatable bonds is 6. The van der Waals surface area contributed by atoms with Gasteiger partial charge in [-0.1, -0.05) is 12.1 Å². The number of hydrogen-bond donors (Lipinski definition) is 2. The van der Waals surface area contributed by atoms with E-state index in [1.54, 1.807) is 24.3 Å². The summed E-state index contributed by atoms with van der Waals surface area (Å²) >= 11 is 0. The SMILES string of the molecule is COc1ccccc1S(=O)(=O)NCCC1CCNC1.Cl. The van der Waals surface area contributed by atoms with Crippen molar-refractivity contribution in [1.29, 1.82) is 0 Å². The van der Waals surface area contributed by atoms with Crippen LogP contribution in [0.5, 0.6) is 5.75 Å². The second-order valence-corrected chi connectivity index (χ2v) is 6.43. The van der Waals surface area contributed by atoms with Gasteiger partial charge in [0.15, 0.2) is 0 Å². The van der Waals surface area contributed by atoms with Gasteiger partial charge in [0.2, 0.25) is 10.0 Å². The van der Waals surface area contributed by atoms with E-state index in [2.05, 4.69) is 10.0 Å². The Morgan fingerprint density at radius 2 is 2.15 bits per heavy atom. The van der Waals surface area contributed by atoms with E-state index in [-0.39, 0.29) is 17.3 Å². The van der Waals surface area contributed by atoms with Gasteiger partial charge >= 0.3 is 0 Å². The van der Waals surface area contributed by atoms with Crippen LogP contribution in [0.2, 0.25) is 0 Å². The van der Waals surface area contributed by atoms with Crippen LogP contribution in [0.25, 0.3) is 0 Å². The third kappa shape index (κ3) is 4.34. The molecule has 1 aromatic carbocycles. The molecule has 0 saturated carbocycles. The molecule has 1 unspecified atom stereocenters. The Hall–Kier alpha value is -0.820. The third-order valence-electron chi connectivity index (χ3n) is 3.37. The Kier molecular flexibility index (Phi) is 6.75. The van der Waals surface area contributed by atoms with Gasteiger partial charge in [0.1, 0.15) is 10.6 Å². The van der Waals surface area contributed by atoms with Crippen LogP contribution in [0.4, 0.5) is 0 Å². The maximum atomic E-state index is 12.2. The normalized spacial score (nSPS) is 18.6. The Balaban J connectivity index is 0.00000200. The zero-order chi connectivity index (χ0) is 13.7. The molecule has 0 aliphatic carbocycles. The van der Waals surface area contributed by atoms with E-state index in [1.807, 2.05) is 0 Å². The molecule has 114 valence electrons. The molecule has 2 N–H and O–H groups in total. The minimum Gasteiger partial charge on any atom is -0.495 e. The van der Waals surface area contributed by atoms with E-state index in [1.165, 1.54) is 7.11 Å². The molecule has 5 nitrogen and oxygen atoms in total. The van der Waals surface area contributed by atoms with Crippen LogP contribution in [0.1, 0.15) is 12.8 Å². The van der Waals surface area contributed by atoms with Gasteiger partial charge in [0.25, 0.3) is 0 Å². The highest BCUT2D eigenvalue weighted by atomic mass is 35.5. The van der Waals surface area contributed by atoms with Crippen molar-refractivity contribution >= 4 is 22.4 Å². The average Bonchev–Trinajstić information content (AvgIpc) is 2.91. The Morgan fingerprint density at radius 1 is 1.40 bits per heavy atom. The largest absolute Gasteiger partial charge is 0.495 e. The molecule has 1 aromatic rings. The zero-order valence-electron chi connectivity index (χ0n) is 11.5. The number of hydrogen-bond acceptors (Lipinski definition) is 4. The van der Waals surface area contributed by atoms with Crippen molar-refractivity contribution in [2.24, 2.45) is 5.92 Å². The van der Waals surface area contributed by atoms with Crippen molar-refractivity contribution < 1.29 is 13.2 Å².